The molecule has 1 aromatic rings. The Labute approximate surface area is 154 Å². The van der Waals surface area contributed by atoms with E-state index in [2.05, 4.69) is 40.0 Å². The number of hydrogen-bond donors (Lipinski definition) is 3. The van der Waals surface area contributed by atoms with Crippen molar-refractivity contribution in [2.45, 2.75) is 46.2 Å². The first-order valence-electron chi connectivity index (χ1n) is 7.36. The van der Waals surface area contributed by atoms with Crippen molar-refractivity contribution >= 4 is 47.2 Å². The van der Waals surface area contributed by atoms with E-state index in [0.29, 0.717) is 13.0 Å². The molecule has 0 aliphatic carbocycles. The maximum absolute atomic E-state index is 11.5. The highest BCUT2D eigenvalue weighted by Gasteiger charge is 2.04. The Bertz CT molecular complexity index is 474. The molecule has 1 rings (SSSR count). The minimum atomic E-state index is 0. The van der Waals surface area contributed by atoms with Crippen molar-refractivity contribution in [3.63, 3.8) is 0 Å². The van der Waals surface area contributed by atoms with Crippen LogP contribution in [0.5, 0.6) is 0 Å². The number of thiophene rings is 1. The zero-order valence-electron chi connectivity index (χ0n) is 13.7. The summed E-state index contributed by atoms with van der Waals surface area (Å²) in [6.45, 7) is 7.39. The molecule has 7 heteroatoms. The van der Waals surface area contributed by atoms with Gasteiger partial charge in [-0.3, -0.25) is 9.79 Å². The number of carbonyl (C=O) groups is 1. The summed E-state index contributed by atoms with van der Waals surface area (Å²) in [4.78, 5) is 18.4. The van der Waals surface area contributed by atoms with Crippen LogP contribution in [0.15, 0.2) is 17.1 Å². The van der Waals surface area contributed by atoms with Gasteiger partial charge in [-0.2, -0.15) is 0 Å². The van der Waals surface area contributed by atoms with Crippen LogP contribution < -0.4 is 16.0 Å². The Morgan fingerprint density at radius 3 is 2.50 bits per heavy atom. The monoisotopic (exact) mass is 438 g/mol. The lowest BCUT2D eigenvalue weighted by Gasteiger charge is -2.12. The minimum Gasteiger partial charge on any atom is -0.356 e. The maximum atomic E-state index is 11.5. The number of aliphatic imine (C=N–C) groups is 1. The molecule has 5 nitrogen and oxygen atoms in total. The highest BCUT2D eigenvalue weighted by Crippen LogP contribution is 2.16. The second kappa shape index (κ2) is 11.7. The summed E-state index contributed by atoms with van der Waals surface area (Å²) < 4.78 is 0. The van der Waals surface area contributed by atoms with E-state index in [0.717, 1.165) is 18.9 Å². The van der Waals surface area contributed by atoms with Crippen molar-refractivity contribution in [1.29, 1.82) is 0 Å². The maximum Gasteiger partial charge on any atom is 0.221 e. The van der Waals surface area contributed by atoms with Gasteiger partial charge in [0, 0.05) is 35.8 Å². The molecule has 0 spiro atoms. The van der Waals surface area contributed by atoms with Crippen LogP contribution in [0.3, 0.4) is 0 Å². The Kier molecular flexibility index (Phi) is 11.3. The average molecular weight is 438 g/mol. The first kappa shape index (κ1) is 21.2. The number of nitrogens with one attached hydrogen (secondary N) is 3. The number of aryl methyl sites for hydroxylation is 1. The number of halogens is 1. The second-order valence-corrected chi connectivity index (χ2v) is 6.30. The van der Waals surface area contributed by atoms with Gasteiger partial charge in [-0.05, 0) is 32.4 Å². The number of amides is 1. The molecule has 1 heterocycles. The van der Waals surface area contributed by atoms with Gasteiger partial charge in [0.1, 0.15) is 0 Å². The van der Waals surface area contributed by atoms with Crippen LogP contribution in [0.2, 0.25) is 0 Å². The Morgan fingerprint density at radius 1 is 1.27 bits per heavy atom. The van der Waals surface area contributed by atoms with E-state index in [-0.39, 0.29) is 35.9 Å². The van der Waals surface area contributed by atoms with E-state index < -0.39 is 0 Å². The first-order valence-corrected chi connectivity index (χ1v) is 8.18. The summed E-state index contributed by atoms with van der Waals surface area (Å²) in [7, 11) is 1.73. The number of hydrogen-bond acceptors (Lipinski definition) is 3. The molecule has 126 valence electrons. The lowest BCUT2D eigenvalue weighted by molar-refractivity contribution is -0.121. The van der Waals surface area contributed by atoms with Crippen LogP contribution in [0.4, 0.5) is 0 Å². The second-order valence-electron chi connectivity index (χ2n) is 5.05. The van der Waals surface area contributed by atoms with E-state index >= 15 is 0 Å². The highest BCUT2D eigenvalue weighted by atomic mass is 127. The van der Waals surface area contributed by atoms with E-state index in [1.807, 2.05) is 25.2 Å². The third-order valence-electron chi connectivity index (χ3n) is 2.81. The van der Waals surface area contributed by atoms with E-state index in [9.17, 15) is 4.79 Å². The van der Waals surface area contributed by atoms with E-state index in [1.165, 1.54) is 9.75 Å². The molecule has 0 saturated carbocycles. The van der Waals surface area contributed by atoms with Crippen molar-refractivity contribution in [2.75, 3.05) is 13.6 Å². The van der Waals surface area contributed by atoms with Gasteiger partial charge in [0.25, 0.3) is 0 Å². The van der Waals surface area contributed by atoms with Gasteiger partial charge < -0.3 is 16.0 Å². The van der Waals surface area contributed by atoms with Crippen molar-refractivity contribution in [3.05, 3.63) is 21.9 Å². The van der Waals surface area contributed by atoms with Crippen LogP contribution in [-0.4, -0.2) is 31.5 Å². The predicted molar refractivity (Wildman–Crippen MR) is 105 cm³/mol. The van der Waals surface area contributed by atoms with Crippen molar-refractivity contribution in [1.82, 2.24) is 16.0 Å². The lowest BCUT2D eigenvalue weighted by atomic mass is 10.3. The Morgan fingerprint density at radius 2 is 1.95 bits per heavy atom. The number of rotatable bonds is 7. The van der Waals surface area contributed by atoms with Crippen LogP contribution in [0, 0.1) is 0 Å². The molecule has 0 aromatic carbocycles. The molecule has 0 atom stereocenters. The van der Waals surface area contributed by atoms with Crippen molar-refractivity contribution in [2.24, 2.45) is 4.99 Å². The summed E-state index contributed by atoms with van der Waals surface area (Å²) in [5.74, 6) is 0.776. The minimum absolute atomic E-state index is 0. The Balaban J connectivity index is 0.00000441. The Hall–Kier alpha value is -0.830. The van der Waals surface area contributed by atoms with Gasteiger partial charge in [-0.1, -0.05) is 6.92 Å². The van der Waals surface area contributed by atoms with Crippen molar-refractivity contribution in [3.8, 4) is 0 Å². The zero-order chi connectivity index (χ0) is 15.7. The molecule has 0 aliphatic heterocycles. The standard InChI is InChI=1S/C15H26N4OS.HI/c1-5-12-6-7-13(21-12)10-18-15(16-4)17-9-8-14(20)19-11(2)3;/h6-7,11H,5,8-10H2,1-4H3,(H,19,20)(H2,16,17,18);1H. The molecule has 1 aromatic heterocycles. The predicted octanol–water partition coefficient (Wildman–Crippen LogP) is 2.51. The van der Waals surface area contributed by atoms with E-state index in [1.54, 1.807) is 7.05 Å². The number of nitrogens with zero attached hydrogens (tertiary/aromatic N) is 1. The molecule has 0 unspecified atom stereocenters. The van der Waals surface area contributed by atoms with Gasteiger partial charge in [0.2, 0.25) is 5.91 Å². The summed E-state index contributed by atoms with van der Waals surface area (Å²) in [5, 5.41) is 9.27. The van der Waals surface area contributed by atoms with Gasteiger partial charge in [-0.25, -0.2) is 0 Å². The highest BCUT2D eigenvalue weighted by molar-refractivity contribution is 14.0. The summed E-state index contributed by atoms with van der Waals surface area (Å²) in [6, 6.07) is 4.48. The normalized spacial score (nSPS) is 11.0. The molecule has 0 bridgehead atoms. The SMILES string of the molecule is CCc1ccc(CNC(=NC)NCCC(=O)NC(C)C)s1.I. The molecule has 0 aliphatic rings. The molecule has 0 fully saturated rings. The largest absolute Gasteiger partial charge is 0.356 e. The van der Waals surface area contributed by atoms with Crippen LogP contribution >= 0.6 is 35.3 Å². The fourth-order valence-corrected chi connectivity index (χ4v) is 2.68. The van der Waals surface area contributed by atoms with Gasteiger partial charge in [0.15, 0.2) is 5.96 Å². The van der Waals surface area contributed by atoms with Crippen LogP contribution in [-0.2, 0) is 17.8 Å². The molecule has 1 amide bonds. The smallest absolute Gasteiger partial charge is 0.221 e. The summed E-state index contributed by atoms with van der Waals surface area (Å²) in [6.07, 6.45) is 1.51. The summed E-state index contributed by atoms with van der Waals surface area (Å²) in [5.41, 5.74) is 0. The molecule has 3 N–H and O–H groups in total. The van der Waals surface area contributed by atoms with Gasteiger partial charge in [0.05, 0.1) is 6.54 Å². The fraction of sp³-hybridized carbons (Fsp3) is 0.600. The van der Waals surface area contributed by atoms with E-state index in [4.69, 9.17) is 0 Å². The molecular formula is C15H27IN4OS. The van der Waals surface area contributed by atoms with Gasteiger partial charge in [-0.15, -0.1) is 35.3 Å². The van der Waals surface area contributed by atoms with Crippen molar-refractivity contribution < 1.29 is 4.79 Å². The summed E-state index contributed by atoms with van der Waals surface area (Å²) >= 11 is 1.81. The van der Waals surface area contributed by atoms with Crippen LogP contribution in [0.1, 0.15) is 36.9 Å². The fourth-order valence-electron chi connectivity index (χ4n) is 1.79. The third-order valence-corrected chi connectivity index (χ3v) is 4.04. The molecular weight excluding hydrogens is 411 g/mol. The molecule has 0 radical (unpaired) electrons. The zero-order valence-corrected chi connectivity index (χ0v) is 16.9. The number of carbonyl (C=O) groups excluding carboxylic acids is 1. The molecule has 22 heavy (non-hydrogen) atoms. The average Bonchev–Trinajstić information content (AvgIpc) is 2.89. The number of guanidine groups is 1. The first-order chi connectivity index (χ1) is 10.0. The molecule has 0 saturated heterocycles. The quantitative estimate of drug-likeness (QED) is 0.348. The van der Waals surface area contributed by atoms with Crippen LogP contribution in [0.25, 0.3) is 0 Å². The lowest BCUT2D eigenvalue weighted by Crippen LogP contribution is -2.39. The third kappa shape index (κ3) is 8.57. The van der Waals surface area contributed by atoms with Gasteiger partial charge >= 0.3 is 0 Å². The topological polar surface area (TPSA) is 65.5 Å².